The van der Waals surface area contributed by atoms with Crippen LogP contribution in [0.3, 0.4) is 0 Å². The van der Waals surface area contributed by atoms with Crippen LogP contribution < -0.4 is 17.2 Å². The second-order valence-electron chi connectivity index (χ2n) is 2.75. The van der Waals surface area contributed by atoms with Gasteiger partial charge in [0, 0.05) is 4.57 Å². The number of hydrogen-bond donors (Lipinski definition) is 3. The lowest BCUT2D eigenvalue weighted by Gasteiger charge is -2.25. The van der Waals surface area contributed by atoms with E-state index in [4.69, 9.17) is 26.2 Å². The molecule has 0 saturated carbocycles. The first-order chi connectivity index (χ1) is 7.52. The summed E-state index contributed by atoms with van der Waals surface area (Å²) in [4.78, 5) is 0. The van der Waals surface area contributed by atoms with E-state index in [9.17, 15) is 4.57 Å². The average molecular weight is 250 g/mol. The molecule has 7 heteroatoms. The molecule has 0 aromatic heterocycles. The van der Waals surface area contributed by atoms with E-state index in [-0.39, 0.29) is 0 Å². The molecule has 2 unspecified atom stereocenters. The standard InChI is InChI=1S/C5H13N3O3P.2C2H4/c6-4-2-1-3-10-12(9)11-5(4,7)8;2*1-2/h4H,1-3,6-8H2;2*1-2H2/q+1;;. The SMILES string of the molecule is C=C.C=C.NC1CCCO[P+](=O)OC1(N)N. The number of hydrogen-bond acceptors (Lipinski definition) is 6. The fourth-order valence-electron chi connectivity index (χ4n) is 0.891. The molecule has 16 heavy (non-hydrogen) atoms. The topological polar surface area (TPSA) is 114 Å². The highest BCUT2D eigenvalue weighted by molar-refractivity contribution is 7.33. The largest absolute Gasteiger partial charge is 0.700 e. The zero-order valence-corrected chi connectivity index (χ0v) is 10.3. The summed E-state index contributed by atoms with van der Waals surface area (Å²) in [6.07, 6.45) is 1.28. The Morgan fingerprint density at radius 2 is 1.75 bits per heavy atom. The highest BCUT2D eigenvalue weighted by atomic mass is 31.1. The van der Waals surface area contributed by atoms with Crippen LogP contribution >= 0.6 is 8.25 Å². The summed E-state index contributed by atoms with van der Waals surface area (Å²) < 4.78 is 20.3. The predicted octanol–water partition coefficient (Wildman–Crippen LogP) is 0.974. The Hall–Kier alpha value is -0.620. The Morgan fingerprint density at radius 3 is 2.25 bits per heavy atom. The third-order valence-corrected chi connectivity index (χ3v) is 2.53. The van der Waals surface area contributed by atoms with Gasteiger partial charge in [-0.3, -0.25) is 11.5 Å². The van der Waals surface area contributed by atoms with Crippen LogP contribution in [-0.4, -0.2) is 18.5 Å². The molecule has 6 N–H and O–H groups in total. The lowest BCUT2D eigenvalue weighted by Crippen LogP contribution is -2.63. The zero-order chi connectivity index (χ0) is 13.2. The van der Waals surface area contributed by atoms with Crippen molar-refractivity contribution >= 4 is 8.25 Å². The molecule has 1 aliphatic rings. The van der Waals surface area contributed by atoms with Crippen molar-refractivity contribution in [3.63, 3.8) is 0 Å². The van der Waals surface area contributed by atoms with E-state index >= 15 is 0 Å². The highest BCUT2D eigenvalue weighted by Crippen LogP contribution is 2.31. The maximum absolute atomic E-state index is 10.9. The number of nitrogens with two attached hydrogens (primary N) is 3. The molecule has 0 aromatic rings. The molecule has 0 aliphatic carbocycles. The van der Waals surface area contributed by atoms with E-state index in [1.54, 1.807) is 0 Å². The molecule has 94 valence electrons. The third-order valence-electron chi connectivity index (χ3n) is 1.67. The van der Waals surface area contributed by atoms with Gasteiger partial charge in [0.25, 0.3) is 0 Å². The second kappa shape index (κ2) is 9.59. The van der Waals surface area contributed by atoms with Gasteiger partial charge in [-0.25, -0.2) is 0 Å². The molecule has 0 radical (unpaired) electrons. The molecule has 0 bridgehead atoms. The van der Waals surface area contributed by atoms with E-state index in [0.29, 0.717) is 19.4 Å². The van der Waals surface area contributed by atoms with Crippen LogP contribution in [0.4, 0.5) is 0 Å². The molecule has 1 rings (SSSR count). The van der Waals surface area contributed by atoms with Gasteiger partial charge in [-0.15, -0.1) is 30.8 Å². The lowest BCUT2D eigenvalue weighted by atomic mass is 10.1. The van der Waals surface area contributed by atoms with Gasteiger partial charge < -0.3 is 5.73 Å². The van der Waals surface area contributed by atoms with Gasteiger partial charge in [0.05, 0.1) is 6.04 Å². The number of rotatable bonds is 0. The van der Waals surface area contributed by atoms with Crippen LogP contribution in [-0.2, 0) is 13.6 Å². The summed E-state index contributed by atoms with van der Waals surface area (Å²) in [5.41, 5.74) is 16.5. The Bertz CT molecular complexity index is 212. The molecular weight excluding hydrogens is 229 g/mol. The Kier molecular flexibility index (Phi) is 10.7. The first kappa shape index (κ1) is 17.8. The summed E-state index contributed by atoms with van der Waals surface area (Å²) in [6, 6.07) is -0.514. The molecule has 1 aliphatic heterocycles. The minimum atomic E-state index is -2.23. The van der Waals surface area contributed by atoms with Gasteiger partial charge in [-0.1, -0.05) is 4.52 Å². The van der Waals surface area contributed by atoms with Crippen LogP contribution in [0.15, 0.2) is 26.3 Å². The Labute approximate surface area is 97.4 Å². The molecule has 1 heterocycles. The molecule has 1 saturated heterocycles. The van der Waals surface area contributed by atoms with Crippen molar-refractivity contribution < 1.29 is 13.6 Å². The first-order valence-electron chi connectivity index (χ1n) is 4.65. The monoisotopic (exact) mass is 250 g/mol. The Balaban J connectivity index is 0. The average Bonchev–Trinajstić information content (AvgIpc) is 2.27. The van der Waals surface area contributed by atoms with Gasteiger partial charge in [-0.2, -0.15) is 0 Å². The first-order valence-corrected chi connectivity index (χ1v) is 5.74. The van der Waals surface area contributed by atoms with Gasteiger partial charge in [-0.05, 0) is 12.8 Å². The van der Waals surface area contributed by atoms with E-state index in [1.165, 1.54) is 0 Å². The minimum absolute atomic E-state index is 0.360. The maximum atomic E-state index is 10.9. The van der Waals surface area contributed by atoms with Gasteiger partial charge in [0.15, 0.2) is 0 Å². The summed E-state index contributed by atoms with van der Waals surface area (Å²) in [5.74, 6) is -1.55. The minimum Gasteiger partial charge on any atom is -0.323 e. The lowest BCUT2D eigenvalue weighted by molar-refractivity contribution is 0.0270. The van der Waals surface area contributed by atoms with E-state index < -0.39 is 20.1 Å². The van der Waals surface area contributed by atoms with Crippen molar-refractivity contribution in [2.45, 2.75) is 24.7 Å². The zero-order valence-electron chi connectivity index (χ0n) is 9.43. The van der Waals surface area contributed by atoms with Crippen LogP contribution in [0.2, 0.25) is 0 Å². The van der Waals surface area contributed by atoms with Crippen molar-refractivity contribution in [3.05, 3.63) is 26.3 Å². The Morgan fingerprint density at radius 1 is 1.25 bits per heavy atom. The maximum Gasteiger partial charge on any atom is 0.700 e. The van der Waals surface area contributed by atoms with Crippen LogP contribution in [0.5, 0.6) is 0 Å². The van der Waals surface area contributed by atoms with Crippen LogP contribution in [0.25, 0.3) is 0 Å². The van der Waals surface area contributed by atoms with Crippen LogP contribution in [0, 0.1) is 0 Å². The summed E-state index contributed by atoms with van der Waals surface area (Å²) in [7, 11) is -2.23. The molecular formula is C9H21N3O3P+. The van der Waals surface area contributed by atoms with Gasteiger partial charge in [0.2, 0.25) is 5.85 Å². The van der Waals surface area contributed by atoms with Gasteiger partial charge >= 0.3 is 8.25 Å². The summed E-state index contributed by atoms with van der Waals surface area (Å²) >= 11 is 0. The molecule has 0 spiro atoms. The fraction of sp³-hybridized carbons (Fsp3) is 0.556. The quantitative estimate of drug-likeness (QED) is 0.335. The van der Waals surface area contributed by atoms with Crippen LogP contribution in [0.1, 0.15) is 12.8 Å². The predicted molar refractivity (Wildman–Crippen MR) is 65.5 cm³/mol. The van der Waals surface area contributed by atoms with Crippen molar-refractivity contribution in [3.8, 4) is 0 Å². The molecule has 0 aromatic carbocycles. The normalized spacial score (nSPS) is 25.9. The van der Waals surface area contributed by atoms with E-state index in [2.05, 4.69) is 26.3 Å². The van der Waals surface area contributed by atoms with Crippen molar-refractivity contribution in [1.82, 2.24) is 0 Å². The van der Waals surface area contributed by atoms with Crippen molar-refractivity contribution in [1.29, 1.82) is 0 Å². The summed E-state index contributed by atoms with van der Waals surface area (Å²) in [5, 5.41) is 0. The fourth-order valence-corrected chi connectivity index (χ4v) is 1.62. The second-order valence-corrected chi connectivity index (χ2v) is 3.64. The third kappa shape index (κ3) is 6.79. The highest BCUT2D eigenvalue weighted by Gasteiger charge is 2.41. The van der Waals surface area contributed by atoms with E-state index in [0.717, 1.165) is 0 Å². The molecule has 2 atom stereocenters. The van der Waals surface area contributed by atoms with Crippen molar-refractivity contribution in [2.75, 3.05) is 6.61 Å². The molecule has 6 nitrogen and oxygen atoms in total. The molecule has 0 amide bonds. The smallest absolute Gasteiger partial charge is 0.323 e. The van der Waals surface area contributed by atoms with Gasteiger partial charge in [0.1, 0.15) is 6.61 Å². The molecule has 1 fully saturated rings. The summed E-state index contributed by atoms with van der Waals surface area (Å²) in [6.45, 7) is 12.4. The van der Waals surface area contributed by atoms with E-state index in [1.807, 2.05) is 0 Å². The van der Waals surface area contributed by atoms with Crippen molar-refractivity contribution in [2.24, 2.45) is 17.2 Å².